The van der Waals surface area contributed by atoms with Crippen LogP contribution in [0.3, 0.4) is 0 Å². The molecule has 0 aliphatic rings. The van der Waals surface area contributed by atoms with Crippen LogP contribution in [0.5, 0.6) is 0 Å². The quantitative estimate of drug-likeness (QED) is 0.143. The van der Waals surface area contributed by atoms with Crippen LogP contribution in [-0.4, -0.2) is 82.9 Å². The molecule has 0 rings (SSSR count). The Balaban J connectivity index is 5.02. The molecule has 0 spiro atoms. The second-order valence-corrected chi connectivity index (χ2v) is 5.96. The van der Waals surface area contributed by atoms with E-state index in [0.717, 1.165) is 0 Å². The Kier molecular flexibility index (Phi) is 11.9. The normalized spacial score (nSPS) is 15.1. The highest BCUT2D eigenvalue weighted by molar-refractivity contribution is 5.94. The van der Waals surface area contributed by atoms with Crippen molar-refractivity contribution in [3.8, 4) is 0 Å². The van der Waals surface area contributed by atoms with E-state index in [2.05, 4.69) is 10.6 Å². The van der Waals surface area contributed by atoms with Gasteiger partial charge in [0.15, 0.2) is 0 Å². The van der Waals surface area contributed by atoms with E-state index in [1.807, 2.05) is 5.32 Å². The summed E-state index contributed by atoms with van der Waals surface area (Å²) in [6.45, 7) is 0.162. The van der Waals surface area contributed by atoms with Gasteiger partial charge >= 0.3 is 5.97 Å². The predicted molar refractivity (Wildman–Crippen MR) is 94.2 cm³/mol. The van der Waals surface area contributed by atoms with E-state index >= 15 is 0 Å². The van der Waals surface area contributed by atoms with Gasteiger partial charge in [-0.3, -0.25) is 14.4 Å². The number of carboxylic acids is 1. The van der Waals surface area contributed by atoms with Crippen LogP contribution in [0.15, 0.2) is 0 Å². The molecule has 0 aromatic carbocycles. The van der Waals surface area contributed by atoms with Crippen LogP contribution in [0.2, 0.25) is 0 Å². The molecule has 0 heterocycles. The highest BCUT2D eigenvalue weighted by Crippen LogP contribution is 2.02. The average Bonchev–Trinajstić information content (AvgIpc) is 2.62. The molecule has 3 amide bonds. The molecule has 12 heteroatoms. The van der Waals surface area contributed by atoms with Gasteiger partial charge in [-0.2, -0.15) is 0 Å². The van der Waals surface area contributed by atoms with Crippen molar-refractivity contribution >= 4 is 23.7 Å². The largest absolute Gasteiger partial charge is 0.480 e. The number of nitrogens with two attached hydrogens (primary N) is 2. The van der Waals surface area contributed by atoms with E-state index in [1.54, 1.807) is 0 Å². The van der Waals surface area contributed by atoms with Gasteiger partial charge in [0.25, 0.3) is 0 Å². The summed E-state index contributed by atoms with van der Waals surface area (Å²) in [6, 6.07) is -4.91. The number of hydrogen-bond acceptors (Lipinski definition) is 8. The fourth-order valence-corrected chi connectivity index (χ4v) is 1.99. The molecule has 4 atom stereocenters. The van der Waals surface area contributed by atoms with E-state index in [9.17, 15) is 24.3 Å². The van der Waals surface area contributed by atoms with E-state index < -0.39 is 61.1 Å². The smallest absolute Gasteiger partial charge is 0.328 e. The van der Waals surface area contributed by atoms with Crippen molar-refractivity contribution in [1.29, 1.82) is 0 Å². The molecule has 0 aromatic heterocycles. The Labute approximate surface area is 156 Å². The van der Waals surface area contributed by atoms with Crippen molar-refractivity contribution in [2.75, 3.05) is 19.8 Å². The zero-order valence-corrected chi connectivity index (χ0v) is 15.2. The van der Waals surface area contributed by atoms with E-state index in [1.165, 1.54) is 6.92 Å². The summed E-state index contributed by atoms with van der Waals surface area (Å²) in [4.78, 5) is 47.0. The number of carbonyl (C=O) groups excluding carboxylic acids is 3. The maximum atomic E-state index is 12.4. The summed E-state index contributed by atoms with van der Waals surface area (Å²) in [7, 11) is 0. The first-order valence-corrected chi connectivity index (χ1v) is 8.49. The fraction of sp³-hybridized carbons (Fsp3) is 0.733. The Morgan fingerprint density at radius 1 is 0.852 bits per heavy atom. The molecule has 0 radical (unpaired) electrons. The minimum Gasteiger partial charge on any atom is -0.480 e. The number of hydrogen-bond donors (Lipinski definition) is 8. The molecule has 0 aromatic rings. The van der Waals surface area contributed by atoms with Gasteiger partial charge < -0.3 is 42.7 Å². The third-order valence-electron chi connectivity index (χ3n) is 3.61. The molecule has 12 nitrogen and oxygen atoms in total. The van der Waals surface area contributed by atoms with E-state index in [0.29, 0.717) is 19.4 Å². The van der Waals surface area contributed by atoms with Crippen molar-refractivity contribution in [3.05, 3.63) is 0 Å². The molecule has 0 saturated carbocycles. The maximum Gasteiger partial charge on any atom is 0.328 e. The molecule has 156 valence electrons. The number of aliphatic carboxylic acids is 1. The second kappa shape index (κ2) is 13.0. The Morgan fingerprint density at radius 3 is 1.78 bits per heavy atom. The first-order chi connectivity index (χ1) is 12.7. The molecule has 0 aliphatic carbocycles. The highest BCUT2D eigenvalue weighted by atomic mass is 16.4. The number of carbonyl (C=O) groups is 4. The monoisotopic (exact) mass is 391 g/mol. The molecule has 27 heavy (non-hydrogen) atoms. The molecule has 0 bridgehead atoms. The lowest BCUT2D eigenvalue weighted by molar-refractivity contribution is -0.143. The van der Waals surface area contributed by atoms with Crippen molar-refractivity contribution in [2.45, 2.75) is 50.4 Å². The number of nitrogens with one attached hydrogen (secondary N) is 3. The second-order valence-electron chi connectivity index (χ2n) is 5.96. The maximum absolute atomic E-state index is 12.4. The number of carboxylic acid groups (broad SMARTS) is 1. The summed E-state index contributed by atoms with van der Waals surface area (Å²) < 4.78 is 0. The molecule has 4 unspecified atom stereocenters. The Hall–Kier alpha value is -2.28. The summed E-state index contributed by atoms with van der Waals surface area (Å²) in [5.41, 5.74) is 10.9. The topological polar surface area (TPSA) is 217 Å². The van der Waals surface area contributed by atoms with Gasteiger partial charge in [0.1, 0.15) is 18.1 Å². The average molecular weight is 391 g/mol. The van der Waals surface area contributed by atoms with Crippen LogP contribution in [0.1, 0.15) is 26.2 Å². The standard InChI is InChI=1S/C15H29N5O7/c1-8(17)12(23)18-9(4-2-3-5-16)13(24)19-10(6-21)14(25)20-11(7-22)15(26)27/h8-11,21-22H,2-7,16-17H2,1H3,(H,18,23)(H,19,24)(H,20,25)(H,26,27). The van der Waals surface area contributed by atoms with E-state index in [4.69, 9.17) is 21.7 Å². The fourth-order valence-electron chi connectivity index (χ4n) is 1.99. The van der Waals surface area contributed by atoms with Gasteiger partial charge in [0.2, 0.25) is 17.7 Å². The molecule has 0 fully saturated rings. The lowest BCUT2D eigenvalue weighted by atomic mass is 10.1. The first kappa shape index (κ1) is 24.7. The zero-order valence-electron chi connectivity index (χ0n) is 15.2. The summed E-state index contributed by atoms with van der Waals surface area (Å²) in [5.74, 6) is -3.78. The van der Waals surface area contributed by atoms with Gasteiger partial charge in [-0.1, -0.05) is 0 Å². The minimum absolute atomic E-state index is 0.232. The molecule has 0 saturated heterocycles. The van der Waals surface area contributed by atoms with Crippen LogP contribution >= 0.6 is 0 Å². The lowest BCUT2D eigenvalue weighted by Gasteiger charge is -2.23. The van der Waals surface area contributed by atoms with Crippen LogP contribution in [0.4, 0.5) is 0 Å². The SMILES string of the molecule is CC(N)C(=O)NC(CCCCN)C(=O)NC(CO)C(=O)NC(CO)C(=O)O. The molecular weight excluding hydrogens is 362 g/mol. The number of unbranched alkanes of at least 4 members (excludes halogenated alkanes) is 1. The van der Waals surface area contributed by atoms with Crippen molar-refractivity contribution in [1.82, 2.24) is 16.0 Å². The van der Waals surface area contributed by atoms with Crippen LogP contribution in [-0.2, 0) is 19.2 Å². The first-order valence-electron chi connectivity index (χ1n) is 8.49. The van der Waals surface area contributed by atoms with Gasteiger partial charge in [-0.25, -0.2) is 4.79 Å². The number of amides is 3. The van der Waals surface area contributed by atoms with E-state index in [-0.39, 0.29) is 6.42 Å². The van der Waals surface area contributed by atoms with Crippen molar-refractivity contribution < 1.29 is 34.5 Å². The third kappa shape index (κ3) is 9.28. The zero-order chi connectivity index (χ0) is 21.0. The molecule has 10 N–H and O–H groups in total. The number of aliphatic hydroxyl groups excluding tert-OH is 2. The van der Waals surface area contributed by atoms with Gasteiger partial charge in [0.05, 0.1) is 19.3 Å². The van der Waals surface area contributed by atoms with Crippen molar-refractivity contribution in [2.24, 2.45) is 11.5 Å². The van der Waals surface area contributed by atoms with Crippen LogP contribution in [0, 0.1) is 0 Å². The Bertz CT molecular complexity index is 515. The van der Waals surface area contributed by atoms with Gasteiger partial charge in [-0.15, -0.1) is 0 Å². The number of rotatable bonds is 13. The van der Waals surface area contributed by atoms with Gasteiger partial charge in [0, 0.05) is 0 Å². The molecular formula is C15H29N5O7. The van der Waals surface area contributed by atoms with Crippen LogP contribution < -0.4 is 27.4 Å². The predicted octanol–water partition coefficient (Wildman–Crippen LogP) is -4.01. The third-order valence-corrected chi connectivity index (χ3v) is 3.61. The lowest BCUT2D eigenvalue weighted by Crippen LogP contribution is -2.58. The van der Waals surface area contributed by atoms with Crippen LogP contribution in [0.25, 0.3) is 0 Å². The number of aliphatic hydroxyl groups is 2. The minimum atomic E-state index is -1.58. The summed E-state index contributed by atoms with van der Waals surface area (Å²) in [6.07, 6.45) is 1.36. The highest BCUT2D eigenvalue weighted by Gasteiger charge is 2.29. The Morgan fingerprint density at radius 2 is 1.33 bits per heavy atom. The summed E-state index contributed by atoms with van der Waals surface area (Å²) >= 11 is 0. The molecule has 0 aliphatic heterocycles. The summed E-state index contributed by atoms with van der Waals surface area (Å²) in [5, 5.41) is 33.8. The van der Waals surface area contributed by atoms with Gasteiger partial charge in [-0.05, 0) is 32.7 Å². The van der Waals surface area contributed by atoms with Crippen molar-refractivity contribution in [3.63, 3.8) is 0 Å².